The summed E-state index contributed by atoms with van der Waals surface area (Å²) in [4.78, 5) is 0. The Labute approximate surface area is 167 Å². The van der Waals surface area contributed by atoms with Crippen molar-refractivity contribution in [3.8, 4) is 0 Å². The monoisotopic (exact) mass is 437 g/mol. The Morgan fingerprint density at radius 1 is 0.967 bits per heavy atom. The Bertz CT molecular complexity index is 833. The van der Waals surface area contributed by atoms with Gasteiger partial charge in [0.25, 0.3) is 0 Å². The van der Waals surface area contributed by atoms with Crippen LogP contribution in [0.1, 0.15) is 41.3 Å². The van der Waals surface area contributed by atoms with E-state index in [4.69, 9.17) is 9.47 Å². The first-order valence-corrected chi connectivity index (χ1v) is 9.00. The van der Waals surface area contributed by atoms with E-state index in [2.05, 4.69) is 5.32 Å². The van der Waals surface area contributed by atoms with Gasteiger partial charge in [0.1, 0.15) is 5.82 Å². The molecule has 0 spiro atoms. The van der Waals surface area contributed by atoms with Crippen molar-refractivity contribution in [3.63, 3.8) is 0 Å². The molecule has 1 N–H and O–H groups in total. The van der Waals surface area contributed by atoms with Gasteiger partial charge in [0.2, 0.25) is 0 Å². The van der Waals surface area contributed by atoms with Gasteiger partial charge < -0.3 is 14.8 Å². The van der Waals surface area contributed by atoms with Crippen molar-refractivity contribution in [3.05, 3.63) is 70.5 Å². The molecular weight excluding hydrogens is 419 g/mol. The van der Waals surface area contributed by atoms with Gasteiger partial charge in [0.05, 0.1) is 29.9 Å². The number of benzene rings is 2. The van der Waals surface area contributed by atoms with E-state index in [1.165, 1.54) is 31.2 Å². The molecule has 1 saturated heterocycles. The fraction of sp³-hybridized carbons (Fsp3) is 0.400. The number of nitrogens with one attached hydrogen (secondary N) is 1. The molecule has 1 unspecified atom stereocenters. The van der Waals surface area contributed by atoms with Crippen LogP contribution in [0.3, 0.4) is 0 Å². The maximum absolute atomic E-state index is 13.2. The third-order valence-corrected chi connectivity index (χ3v) is 4.67. The highest BCUT2D eigenvalue weighted by Crippen LogP contribution is 2.38. The molecule has 2 aromatic rings. The molecule has 0 aromatic heterocycles. The van der Waals surface area contributed by atoms with E-state index in [9.17, 15) is 30.7 Å². The van der Waals surface area contributed by atoms with Crippen LogP contribution in [0, 0.1) is 5.82 Å². The number of alkyl halides is 6. The molecule has 0 saturated carbocycles. The van der Waals surface area contributed by atoms with Crippen LogP contribution in [0.4, 0.5) is 30.7 Å². The molecule has 3 rings (SSSR count). The lowest BCUT2D eigenvalue weighted by molar-refractivity contribution is -0.200. The van der Waals surface area contributed by atoms with E-state index in [1.54, 1.807) is 0 Å². The summed E-state index contributed by atoms with van der Waals surface area (Å²) in [6, 6.07) is 6.20. The van der Waals surface area contributed by atoms with Gasteiger partial charge in [0.15, 0.2) is 6.29 Å². The summed E-state index contributed by atoms with van der Waals surface area (Å²) in [7, 11) is 0. The molecule has 0 amide bonds. The third-order valence-electron chi connectivity index (χ3n) is 4.67. The van der Waals surface area contributed by atoms with Gasteiger partial charge in [-0.3, -0.25) is 0 Å². The summed E-state index contributed by atoms with van der Waals surface area (Å²) in [5.41, 5.74) is -2.52. The minimum atomic E-state index is -4.95. The fourth-order valence-electron chi connectivity index (χ4n) is 3.14. The summed E-state index contributed by atoms with van der Waals surface area (Å²) in [6.45, 7) is 2.01. The Hall–Kier alpha value is -2.17. The quantitative estimate of drug-likeness (QED) is 0.630. The molecule has 10 heteroatoms. The van der Waals surface area contributed by atoms with E-state index >= 15 is 0 Å². The second-order valence-electron chi connectivity index (χ2n) is 6.84. The second kappa shape index (κ2) is 8.52. The SMILES string of the molecule is CC(O[C@H]1OCCN[C@H]1c1ccc(F)cc1)c1cc(C(F)(F)F)cc(C(F)(F)F)c1. The summed E-state index contributed by atoms with van der Waals surface area (Å²) >= 11 is 0. The van der Waals surface area contributed by atoms with Crippen LogP contribution in [0.2, 0.25) is 0 Å². The maximum atomic E-state index is 13.2. The Morgan fingerprint density at radius 3 is 2.07 bits per heavy atom. The molecule has 1 heterocycles. The molecule has 1 fully saturated rings. The van der Waals surface area contributed by atoms with Crippen LogP contribution in [-0.4, -0.2) is 19.4 Å². The minimum absolute atomic E-state index is 0.0657. The zero-order chi connectivity index (χ0) is 22.1. The van der Waals surface area contributed by atoms with Gasteiger partial charge >= 0.3 is 12.4 Å². The summed E-state index contributed by atoms with van der Waals surface area (Å²) < 4.78 is 103. The number of halogens is 7. The molecule has 3 nitrogen and oxygen atoms in total. The van der Waals surface area contributed by atoms with Gasteiger partial charge in [-0.25, -0.2) is 4.39 Å². The average Bonchev–Trinajstić information content (AvgIpc) is 2.67. The molecule has 30 heavy (non-hydrogen) atoms. The lowest BCUT2D eigenvalue weighted by Gasteiger charge is -2.34. The van der Waals surface area contributed by atoms with Crippen LogP contribution in [-0.2, 0) is 21.8 Å². The molecule has 164 valence electrons. The number of rotatable bonds is 4. The van der Waals surface area contributed by atoms with E-state index in [0.29, 0.717) is 24.2 Å². The number of ether oxygens (including phenoxy) is 2. The van der Waals surface area contributed by atoms with Crippen LogP contribution >= 0.6 is 0 Å². The smallest absolute Gasteiger partial charge is 0.349 e. The first kappa shape index (κ1) is 22.5. The molecular formula is C20H18F7NO2. The number of morpholine rings is 1. The molecule has 0 aliphatic carbocycles. The highest BCUT2D eigenvalue weighted by Gasteiger charge is 2.38. The standard InChI is InChI=1S/C20H18F7NO2/c1-11(13-8-14(19(22,23)24)10-15(9-13)20(25,26)27)30-18-17(28-6-7-29-18)12-2-4-16(21)5-3-12/h2-5,8-11,17-18,28H,6-7H2,1H3/t11?,17-,18+/m0/s1. The van der Waals surface area contributed by atoms with Crippen molar-refractivity contribution in [1.29, 1.82) is 0 Å². The summed E-state index contributed by atoms with van der Waals surface area (Å²) in [5.74, 6) is -0.454. The van der Waals surface area contributed by atoms with Crippen molar-refractivity contribution in [1.82, 2.24) is 5.32 Å². The van der Waals surface area contributed by atoms with Crippen molar-refractivity contribution in [2.24, 2.45) is 0 Å². The topological polar surface area (TPSA) is 30.5 Å². The van der Waals surface area contributed by atoms with Crippen LogP contribution < -0.4 is 5.32 Å². The Kier molecular flexibility index (Phi) is 6.40. The van der Waals surface area contributed by atoms with Crippen molar-refractivity contribution in [2.75, 3.05) is 13.2 Å². The zero-order valence-electron chi connectivity index (χ0n) is 15.6. The van der Waals surface area contributed by atoms with Gasteiger partial charge in [0, 0.05) is 6.54 Å². The average molecular weight is 437 g/mol. The van der Waals surface area contributed by atoms with Crippen LogP contribution in [0.5, 0.6) is 0 Å². The molecule has 1 aliphatic rings. The molecule has 0 bridgehead atoms. The first-order valence-electron chi connectivity index (χ1n) is 9.00. The van der Waals surface area contributed by atoms with Gasteiger partial charge in [-0.1, -0.05) is 12.1 Å². The Balaban J connectivity index is 1.88. The molecule has 3 atom stereocenters. The second-order valence-corrected chi connectivity index (χ2v) is 6.84. The van der Waals surface area contributed by atoms with Gasteiger partial charge in [-0.05, 0) is 48.4 Å². The zero-order valence-corrected chi connectivity index (χ0v) is 15.6. The number of hydrogen-bond donors (Lipinski definition) is 1. The largest absolute Gasteiger partial charge is 0.416 e. The fourth-order valence-corrected chi connectivity index (χ4v) is 3.14. The lowest BCUT2D eigenvalue weighted by atomic mass is 10.0. The normalized spacial score (nSPS) is 21.5. The van der Waals surface area contributed by atoms with Crippen molar-refractivity contribution in [2.45, 2.75) is 37.7 Å². The highest BCUT2D eigenvalue weighted by atomic mass is 19.4. The maximum Gasteiger partial charge on any atom is 0.416 e. The van der Waals surface area contributed by atoms with Gasteiger partial charge in [-0.15, -0.1) is 0 Å². The van der Waals surface area contributed by atoms with E-state index in [-0.39, 0.29) is 18.2 Å². The first-order chi connectivity index (χ1) is 13.9. The summed E-state index contributed by atoms with van der Waals surface area (Å²) in [5, 5.41) is 3.10. The highest BCUT2D eigenvalue weighted by molar-refractivity contribution is 5.34. The molecule has 0 radical (unpaired) electrons. The van der Waals surface area contributed by atoms with Crippen LogP contribution in [0.25, 0.3) is 0 Å². The van der Waals surface area contributed by atoms with Crippen molar-refractivity contribution < 1.29 is 40.2 Å². The number of hydrogen-bond acceptors (Lipinski definition) is 3. The molecule has 2 aromatic carbocycles. The third kappa shape index (κ3) is 5.30. The minimum Gasteiger partial charge on any atom is -0.349 e. The van der Waals surface area contributed by atoms with E-state index in [0.717, 1.165) is 0 Å². The molecule has 1 aliphatic heterocycles. The van der Waals surface area contributed by atoms with Gasteiger partial charge in [-0.2, -0.15) is 26.3 Å². The van der Waals surface area contributed by atoms with Crippen LogP contribution in [0.15, 0.2) is 42.5 Å². The predicted octanol–water partition coefficient (Wildman–Crippen LogP) is 5.63. The predicted molar refractivity (Wildman–Crippen MR) is 92.8 cm³/mol. The summed E-state index contributed by atoms with van der Waals surface area (Å²) in [6.07, 6.45) is -12.0. The lowest BCUT2D eigenvalue weighted by Crippen LogP contribution is -2.43. The van der Waals surface area contributed by atoms with E-state index in [1.807, 2.05) is 0 Å². The van der Waals surface area contributed by atoms with Crippen molar-refractivity contribution >= 4 is 0 Å². The van der Waals surface area contributed by atoms with E-state index < -0.39 is 47.7 Å². The Morgan fingerprint density at radius 2 is 1.53 bits per heavy atom.